The van der Waals surface area contributed by atoms with Crippen molar-refractivity contribution >= 4 is 22.6 Å². The van der Waals surface area contributed by atoms with Gasteiger partial charge in [0.25, 0.3) is 0 Å². The third kappa shape index (κ3) is 2.21. The molecular weight excluding hydrogens is 257 g/mol. The summed E-state index contributed by atoms with van der Waals surface area (Å²) in [7, 11) is 3.16. The highest BCUT2D eigenvalue weighted by Crippen LogP contribution is 2.18. The monoisotopic (exact) mass is 265 g/mol. The molecule has 1 rings (SSSR count). The molecule has 4 heteroatoms. The van der Waals surface area contributed by atoms with E-state index in [9.17, 15) is 0 Å². The van der Waals surface area contributed by atoms with Crippen LogP contribution in [0.1, 0.15) is 0 Å². The molecule has 11 heavy (non-hydrogen) atoms. The van der Waals surface area contributed by atoms with Gasteiger partial charge in [-0.2, -0.15) is 4.98 Å². The van der Waals surface area contributed by atoms with E-state index in [1.807, 2.05) is 12.1 Å². The molecular formula is C7H8INO2. The maximum atomic E-state index is 4.94. The van der Waals surface area contributed by atoms with Crippen LogP contribution in [0.25, 0.3) is 0 Å². The average Bonchev–Trinajstić information content (AvgIpc) is 2.03. The fourth-order valence-corrected chi connectivity index (χ4v) is 1.19. The summed E-state index contributed by atoms with van der Waals surface area (Å²) in [6.45, 7) is 0. The van der Waals surface area contributed by atoms with Crippen molar-refractivity contribution in [2.75, 3.05) is 14.2 Å². The lowest BCUT2D eigenvalue weighted by Crippen LogP contribution is -1.92. The third-order valence-electron chi connectivity index (χ3n) is 1.16. The molecule has 1 aromatic heterocycles. The molecule has 3 nitrogen and oxygen atoms in total. The fraction of sp³-hybridized carbons (Fsp3) is 0.286. The van der Waals surface area contributed by atoms with Crippen molar-refractivity contribution in [2.24, 2.45) is 0 Å². The van der Waals surface area contributed by atoms with Crippen LogP contribution in [-0.2, 0) is 0 Å². The number of halogens is 1. The molecule has 60 valence electrons. The van der Waals surface area contributed by atoms with E-state index in [2.05, 4.69) is 27.6 Å². The number of aromatic nitrogens is 1. The molecule has 0 radical (unpaired) electrons. The lowest BCUT2D eigenvalue weighted by molar-refractivity contribution is 0.364. The van der Waals surface area contributed by atoms with Crippen LogP contribution in [0.2, 0.25) is 0 Å². The Morgan fingerprint density at radius 3 is 2.00 bits per heavy atom. The molecule has 0 aliphatic carbocycles. The van der Waals surface area contributed by atoms with E-state index < -0.39 is 0 Å². The Morgan fingerprint density at radius 2 is 1.64 bits per heavy atom. The minimum Gasteiger partial charge on any atom is -0.481 e. The summed E-state index contributed by atoms with van der Waals surface area (Å²) in [5.41, 5.74) is 0. The van der Waals surface area contributed by atoms with Gasteiger partial charge >= 0.3 is 0 Å². The van der Waals surface area contributed by atoms with Gasteiger partial charge < -0.3 is 9.47 Å². The zero-order chi connectivity index (χ0) is 8.27. The van der Waals surface area contributed by atoms with Crippen LogP contribution in [0.5, 0.6) is 11.8 Å². The van der Waals surface area contributed by atoms with Crippen molar-refractivity contribution in [3.05, 3.63) is 15.7 Å². The summed E-state index contributed by atoms with van der Waals surface area (Å²) in [5, 5.41) is 0. The fourth-order valence-electron chi connectivity index (χ4n) is 0.660. The van der Waals surface area contributed by atoms with Gasteiger partial charge in [0.2, 0.25) is 11.8 Å². The van der Waals surface area contributed by atoms with Crippen molar-refractivity contribution in [2.45, 2.75) is 0 Å². The van der Waals surface area contributed by atoms with Gasteiger partial charge in [-0.25, -0.2) is 0 Å². The van der Waals surface area contributed by atoms with Crippen LogP contribution in [-0.4, -0.2) is 19.2 Å². The molecule has 1 heterocycles. The topological polar surface area (TPSA) is 31.4 Å². The van der Waals surface area contributed by atoms with Gasteiger partial charge in [-0.3, -0.25) is 0 Å². The molecule has 0 amide bonds. The molecule has 0 unspecified atom stereocenters. The van der Waals surface area contributed by atoms with Crippen LogP contribution in [0.15, 0.2) is 12.1 Å². The quantitative estimate of drug-likeness (QED) is 0.763. The second-order valence-corrected chi connectivity index (χ2v) is 3.12. The second kappa shape index (κ2) is 3.75. The summed E-state index contributed by atoms with van der Waals surface area (Å²) >= 11 is 2.18. The molecule has 0 N–H and O–H groups in total. The van der Waals surface area contributed by atoms with Crippen molar-refractivity contribution < 1.29 is 9.47 Å². The molecule has 0 bridgehead atoms. The summed E-state index contributed by atoms with van der Waals surface area (Å²) < 4.78 is 10.9. The Morgan fingerprint density at radius 1 is 1.18 bits per heavy atom. The summed E-state index contributed by atoms with van der Waals surface area (Å²) in [6, 6.07) is 3.67. The first kappa shape index (κ1) is 8.58. The van der Waals surface area contributed by atoms with E-state index in [-0.39, 0.29) is 0 Å². The smallest absolute Gasteiger partial charge is 0.217 e. The molecule has 0 aliphatic rings. The van der Waals surface area contributed by atoms with E-state index in [1.54, 1.807) is 14.2 Å². The van der Waals surface area contributed by atoms with Gasteiger partial charge in [0.05, 0.1) is 14.2 Å². The van der Waals surface area contributed by atoms with Crippen LogP contribution in [0, 0.1) is 3.57 Å². The predicted octanol–water partition coefficient (Wildman–Crippen LogP) is 1.70. The highest BCUT2D eigenvalue weighted by molar-refractivity contribution is 14.1. The molecule has 0 saturated carbocycles. The van der Waals surface area contributed by atoms with Crippen LogP contribution in [0.3, 0.4) is 0 Å². The molecule has 0 saturated heterocycles. The molecule has 0 aliphatic heterocycles. The van der Waals surface area contributed by atoms with Gasteiger partial charge in [-0.05, 0) is 22.6 Å². The van der Waals surface area contributed by atoms with E-state index in [1.165, 1.54) is 0 Å². The Hall–Kier alpha value is -0.520. The SMILES string of the molecule is COc1cc(I)cc(OC)n1. The number of hydrogen-bond acceptors (Lipinski definition) is 3. The van der Waals surface area contributed by atoms with E-state index in [0.29, 0.717) is 11.8 Å². The maximum Gasteiger partial charge on any atom is 0.217 e. The molecule has 0 aromatic carbocycles. The Kier molecular flexibility index (Phi) is 2.92. The Balaban J connectivity index is 3.02. The standard InChI is InChI=1S/C7H8INO2/c1-10-6-3-5(8)4-7(9-6)11-2/h3-4H,1-2H3. The molecule has 0 fully saturated rings. The number of rotatable bonds is 2. The zero-order valence-electron chi connectivity index (χ0n) is 6.30. The summed E-state index contributed by atoms with van der Waals surface area (Å²) in [6.07, 6.45) is 0. The largest absolute Gasteiger partial charge is 0.481 e. The first-order valence-electron chi connectivity index (χ1n) is 3.02. The minimum absolute atomic E-state index is 0.578. The average molecular weight is 265 g/mol. The maximum absolute atomic E-state index is 4.94. The van der Waals surface area contributed by atoms with Crippen LogP contribution >= 0.6 is 22.6 Å². The van der Waals surface area contributed by atoms with Crippen molar-refractivity contribution in [3.8, 4) is 11.8 Å². The van der Waals surface area contributed by atoms with E-state index >= 15 is 0 Å². The zero-order valence-corrected chi connectivity index (χ0v) is 8.45. The number of pyridine rings is 1. The van der Waals surface area contributed by atoms with Crippen molar-refractivity contribution in [3.63, 3.8) is 0 Å². The lowest BCUT2D eigenvalue weighted by Gasteiger charge is -2.02. The Labute approximate surface area is 78.9 Å². The summed E-state index contributed by atoms with van der Waals surface area (Å²) in [5.74, 6) is 1.16. The lowest BCUT2D eigenvalue weighted by atomic mass is 10.5. The molecule has 1 aromatic rings. The summed E-state index contributed by atoms with van der Waals surface area (Å²) in [4.78, 5) is 4.02. The number of nitrogens with zero attached hydrogens (tertiary/aromatic N) is 1. The van der Waals surface area contributed by atoms with Crippen LogP contribution < -0.4 is 9.47 Å². The number of hydrogen-bond donors (Lipinski definition) is 0. The first-order chi connectivity index (χ1) is 5.26. The first-order valence-corrected chi connectivity index (χ1v) is 4.09. The predicted molar refractivity (Wildman–Crippen MR) is 50.1 cm³/mol. The second-order valence-electron chi connectivity index (χ2n) is 1.87. The van der Waals surface area contributed by atoms with Gasteiger partial charge in [-0.15, -0.1) is 0 Å². The van der Waals surface area contributed by atoms with Gasteiger partial charge in [0, 0.05) is 15.7 Å². The third-order valence-corrected chi connectivity index (χ3v) is 1.78. The van der Waals surface area contributed by atoms with Crippen molar-refractivity contribution in [1.29, 1.82) is 0 Å². The highest BCUT2D eigenvalue weighted by Gasteiger charge is 1.99. The van der Waals surface area contributed by atoms with Gasteiger partial charge in [0.1, 0.15) is 0 Å². The number of methoxy groups -OCH3 is 2. The van der Waals surface area contributed by atoms with Gasteiger partial charge in [-0.1, -0.05) is 0 Å². The van der Waals surface area contributed by atoms with Crippen molar-refractivity contribution in [1.82, 2.24) is 4.98 Å². The van der Waals surface area contributed by atoms with Gasteiger partial charge in [0.15, 0.2) is 0 Å². The highest BCUT2D eigenvalue weighted by atomic mass is 127. The van der Waals surface area contributed by atoms with E-state index in [0.717, 1.165) is 3.57 Å². The number of ether oxygens (including phenoxy) is 2. The minimum atomic E-state index is 0.578. The van der Waals surface area contributed by atoms with Crippen LogP contribution in [0.4, 0.5) is 0 Å². The molecule has 0 spiro atoms. The molecule has 0 atom stereocenters. The normalized spacial score (nSPS) is 9.36. The van der Waals surface area contributed by atoms with E-state index in [4.69, 9.17) is 9.47 Å². The Bertz CT molecular complexity index is 230.